The Kier molecular flexibility index (Phi) is 7.47. The molecule has 0 aliphatic heterocycles. The second-order valence-corrected chi connectivity index (χ2v) is 7.21. The van der Waals surface area contributed by atoms with Crippen LogP contribution >= 0.6 is 11.8 Å². The maximum Gasteiger partial charge on any atom is 0.318 e. The summed E-state index contributed by atoms with van der Waals surface area (Å²) in [7, 11) is 0. The third-order valence-electron chi connectivity index (χ3n) is 3.69. The van der Waals surface area contributed by atoms with Gasteiger partial charge in [-0.1, -0.05) is 37.7 Å². The summed E-state index contributed by atoms with van der Waals surface area (Å²) in [6.07, 6.45) is 0.738. The van der Waals surface area contributed by atoms with Gasteiger partial charge in [-0.15, -0.1) is 10.2 Å². The van der Waals surface area contributed by atoms with E-state index in [1.54, 1.807) is 0 Å². The Labute approximate surface area is 161 Å². The van der Waals surface area contributed by atoms with Gasteiger partial charge in [0.1, 0.15) is 12.4 Å². The third kappa shape index (κ3) is 6.48. The molecule has 0 fully saturated rings. The quantitative estimate of drug-likeness (QED) is 0.336. The van der Waals surface area contributed by atoms with Crippen LogP contribution in [0, 0.1) is 0 Å². The molecule has 0 radical (unpaired) electrons. The highest BCUT2D eigenvalue weighted by molar-refractivity contribution is 7.99. The van der Waals surface area contributed by atoms with Crippen molar-refractivity contribution in [3.05, 3.63) is 35.7 Å². The summed E-state index contributed by atoms with van der Waals surface area (Å²) in [4.78, 5) is 21.9. The van der Waals surface area contributed by atoms with Gasteiger partial charge in [-0.05, 0) is 30.0 Å². The molecule has 5 N–H and O–H groups in total. The molecule has 0 saturated heterocycles. The van der Waals surface area contributed by atoms with Crippen molar-refractivity contribution in [1.29, 1.82) is 0 Å². The molecule has 1 aromatic carbocycles. The molecule has 3 amide bonds. The van der Waals surface area contributed by atoms with Crippen LogP contribution in [0.15, 0.2) is 29.4 Å². The van der Waals surface area contributed by atoms with Crippen LogP contribution in [0.1, 0.15) is 44.0 Å². The molecule has 0 saturated carbocycles. The van der Waals surface area contributed by atoms with Gasteiger partial charge in [0.15, 0.2) is 5.82 Å². The van der Waals surface area contributed by atoms with E-state index in [1.807, 2.05) is 29.6 Å². The van der Waals surface area contributed by atoms with Crippen LogP contribution in [0.5, 0.6) is 5.75 Å². The number of nitrogens with one attached hydrogen (secondary N) is 1. The fraction of sp³-hybridized carbons (Fsp3) is 0.412. The predicted molar refractivity (Wildman–Crippen MR) is 103 cm³/mol. The molecule has 0 aliphatic carbocycles. The van der Waals surface area contributed by atoms with E-state index in [0.29, 0.717) is 29.1 Å². The van der Waals surface area contributed by atoms with Crippen molar-refractivity contribution < 1.29 is 14.3 Å². The first kappa shape index (κ1) is 20.6. The molecular formula is C17H24N6O3S. The lowest BCUT2D eigenvalue weighted by Crippen LogP contribution is -2.34. The minimum Gasteiger partial charge on any atom is -0.486 e. The summed E-state index contributed by atoms with van der Waals surface area (Å²) in [5.74, 6) is 7.87. The zero-order valence-corrected chi connectivity index (χ0v) is 16.2. The van der Waals surface area contributed by atoms with Crippen molar-refractivity contribution in [3.63, 3.8) is 0 Å². The smallest absolute Gasteiger partial charge is 0.318 e. The molecule has 0 aliphatic rings. The topological polar surface area (TPSA) is 138 Å². The number of rotatable bonds is 9. The second-order valence-electron chi connectivity index (χ2n) is 6.15. The number of hydrogen-bond donors (Lipinski definition) is 3. The molecule has 0 spiro atoms. The lowest BCUT2D eigenvalue weighted by atomic mass is 10.0. The number of benzene rings is 1. The maximum absolute atomic E-state index is 11.3. The molecule has 2 aromatic rings. The van der Waals surface area contributed by atoms with Crippen molar-refractivity contribution in [2.75, 3.05) is 11.6 Å². The largest absolute Gasteiger partial charge is 0.486 e. The van der Waals surface area contributed by atoms with Crippen LogP contribution < -0.4 is 21.6 Å². The van der Waals surface area contributed by atoms with Crippen LogP contribution in [-0.4, -0.2) is 32.6 Å². The van der Waals surface area contributed by atoms with Crippen molar-refractivity contribution in [2.24, 2.45) is 5.73 Å². The molecule has 146 valence electrons. The highest BCUT2D eigenvalue weighted by Crippen LogP contribution is 2.20. The Bertz CT molecular complexity index is 775. The van der Waals surface area contributed by atoms with Crippen LogP contribution in [-0.2, 0) is 11.4 Å². The number of urea groups is 1. The van der Waals surface area contributed by atoms with E-state index in [0.717, 1.165) is 5.75 Å². The summed E-state index contributed by atoms with van der Waals surface area (Å²) < 4.78 is 7.08. The molecular weight excluding hydrogens is 368 g/mol. The molecule has 9 nitrogen and oxygen atoms in total. The first-order valence-corrected chi connectivity index (χ1v) is 9.49. The highest BCUT2D eigenvalue weighted by Gasteiger charge is 2.12. The Morgan fingerprint density at radius 3 is 2.59 bits per heavy atom. The molecule has 1 heterocycles. The van der Waals surface area contributed by atoms with E-state index in [9.17, 15) is 9.59 Å². The van der Waals surface area contributed by atoms with E-state index in [2.05, 4.69) is 24.0 Å². The fourth-order valence-corrected chi connectivity index (χ4v) is 3.01. The predicted octanol–water partition coefficient (Wildman–Crippen LogP) is 1.76. The Balaban J connectivity index is 1.79. The molecule has 1 aromatic heterocycles. The van der Waals surface area contributed by atoms with Gasteiger partial charge in [-0.3, -0.25) is 10.1 Å². The summed E-state index contributed by atoms with van der Waals surface area (Å²) in [6.45, 7) is 4.47. The molecule has 0 atom stereocenters. The Hall–Kier alpha value is -2.75. The van der Waals surface area contributed by atoms with Gasteiger partial charge >= 0.3 is 6.03 Å². The molecule has 0 bridgehead atoms. The SMILES string of the molecule is CC(C)c1ccc(OCc2nnc(SCCCC(=O)NC(N)=O)n2N)cc1. The second kappa shape index (κ2) is 9.81. The number of amides is 3. The molecule has 2 rings (SSSR count). The van der Waals surface area contributed by atoms with Crippen molar-refractivity contribution in [1.82, 2.24) is 20.2 Å². The number of ether oxygens (including phenoxy) is 1. The van der Waals surface area contributed by atoms with Gasteiger partial charge in [0.25, 0.3) is 0 Å². The van der Waals surface area contributed by atoms with Crippen LogP contribution in [0.4, 0.5) is 4.79 Å². The summed E-state index contributed by atoms with van der Waals surface area (Å²) in [6, 6.07) is 7.04. The number of primary amides is 1. The Morgan fingerprint density at radius 2 is 1.96 bits per heavy atom. The summed E-state index contributed by atoms with van der Waals surface area (Å²) in [5.41, 5.74) is 6.12. The number of hydrogen-bond acceptors (Lipinski definition) is 7. The number of carbonyl (C=O) groups excluding carboxylic acids is 2. The van der Waals surface area contributed by atoms with Gasteiger partial charge in [0, 0.05) is 12.2 Å². The van der Waals surface area contributed by atoms with Crippen LogP contribution in [0.3, 0.4) is 0 Å². The monoisotopic (exact) mass is 392 g/mol. The lowest BCUT2D eigenvalue weighted by Gasteiger charge is -2.09. The van der Waals surface area contributed by atoms with E-state index < -0.39 is 11.9 Å². The number of nitrogens with two attached hydrogens (primary N) is 2. The highest BCUT2D eigenvalue weighted by atomic mass is 32.2. The van der Waals surface area contributed by atoms with Crippen molar-refractivity contribution in [3.8, 4) is 5.75 Å². The third-order valence-corrected chi connectivity index (χ3v) is 4.72. The van der Waals surface area contributed by atoms with E-state index in [1.165, 1.54) is 22.0 Å². The number of carbonyl (C=O) groups is 2. The Morgan fingerprint density at radius 1 is 1.26 bits per heavy atom. The van der Waals surface area contributed by atoms with Gasteiger partial charge in [0.2, 0.25) is 11.1 Å². The number of nitrogen functional groups attached to an aromatic ring is 1. The number of aromatic nitrogens is 3. The van der Waals surface area contributed by atoms with Gasteiger partial charge < -0.3 is 16.3 Å². The standard InChI is InChI=1S/C17H24N6O3S/c1-11(2)12-5-7-13(8-6-12)26-10-14-21-22-17(23(14)19)27-9-3-4-15(24)20-16(18)25/h5-8,11H,3-4,9-10,19H2,1-2H3,(H3,18,20,24,25). The minimum atomic E-state index is -0.849. The van der Waals surface area contributed by atoms with Gasteiger partial charge in [-0.2, -0.15) is 0 Å². The number of nitrogens with zero attached hydrogens (tertiary/aromatic N) is 3. The van der Waals surface area contributed by atoms with Crippen molar-refractivity contribution >= 4 is 23.7 Å². The van der Waals surface area contributed by atoms with Crippen LogP contribution in [0.2, 0.25) is 0 Å². The summed E-state index contributed by atoms with van der Waals surface area (Å²) >= 11 is 1.37. The van der Waals surface area contributed by atoms with Gasteiger partial charge in [-0.25, -0.2) is 9.47 Å². The average molecular weight is 392 g/mol. The average Bonchev–Trinajstić information content (AvgIpc) is 2.96. The normalized spacial score (nSPS) is 10.8. The van der Waals surface area contributed by atoms with E-state index in [-0.39, 0.29) is 13.0 Å². The fourth-order valence-electron chi connectivity index (χ4n) is 2.20. The minimum absolute atomic E-state index is 0.191. The molecule has 27 heavy (non-hydrogen) atoms. The number of imide groups is 1. The van der Waals surface area contributed by atoms with Crippen LogP contribution in [0.25, 0.3) is 0 Å². The molecule has 10 heteroatoms. The summed E-state index contributed by atoms with van der Waals surface area (Å²) in [5, 5.41) is 10.6. The van der Waals surface area contributed by atoms with E-state index in [4.69, 9.17) is 16.3 Å². The van der Waals surface area contributed by atoms with Crippen molar-refractivity contribution in [2.45, 2.75) is 44.4 Å². The van der Waals surface area contributed by atoms with Gasteiger partial charge in [0.05, 0.1) is 0 Å². The first-order valence-electron chi connectivity index (χ1n) is 8.51. The maximum atomic E-state index is 11.3. The molecule has 0 unspecified atom stereocenters. The lowest BCUT2D eigenvalue weighted by molar-refractivity contribution is -0.119. The zero-order chi connectivity index (χ0) is 19.8. The number of thioether (sulfide) groups is 1. The zero-order valence-electron chi connectivity index (χ0n) is 15.3. The first-order chi connectivity index (χ1) is 12.9. The van der Waals surface area contributed by atoms with E-state index >= 15 is 0 Å².